The lowest BCUT2D eigenvalue weighted by molar-refractivity contribution is -0.137. The smallest absolute Gasteiger partial charge is 0.303 e. The lowest BCUT2D eigenvalue weighted by Gasteiger charge is -2.34. The molecule has 0 spiro atoms. The van der Waals surface area contributed by atoms with Crippen molar-refractivity contribution in [2.24, 2.45) is 0 Å². The van der Waals surface area contributed by atoms with Gasteiger partial charge >= 0.3 is 5.97 Å². The Morgan fingerprint density at radius 3 is 2.42 bits per heavy atom. The van der Waals surface area contributed by atoms with Gasteiger partial charge in [-0.25, -0.2) is 9.97 Å². The summed E-state index contributed by atoms with van der Waals surface area (Å²) in [6, 6.07) is 24.2. The van der Waals surface area contributed by atoms with Crippen LogP contribution in [0, 0.1) is 0 Å². The maximum atomic E-state index is 13.6. The third-order valence-electron chi connectivity index (χ3n) is 8.00. The first kappa shape index (κ1) is 26.4. The quantitative estimate of drug-likeness (QED) is 0.261. The number of halogens is 1. The van der Waals surface area contributed by atoms with Gasteiger partial charge in [0.15, 0.2) is 0 Å². The van der Waals surface area contributed by atoms with Crippen molar-refractivity contribution in [3.8, 4) is 11.3 Å². The SMILES string of the molecule is O=C(O)CCCCc1nc2cc(C(=O)N3C[C@@H]4C[C@H]3CN4Cc3ccccc3)ccc2nc1-c1ccc(Cl)cc1. The summed E-state index contributed by atoms with van der Waals surface area (Å²) in [6.07, 6.45) is 2.97. The van der Waals surface area contributed by atoms with Crippen LogP contribution >= 0.6 is 11.6 Å². The van der Waals surface area contributed by atoms with E-state index in [1.165, 1.54) is 5.56 Å². The Bertz CT molecular complexity index is 1540. The molecule has 2 bridgehead atoms. The number of fused-ring (bicyclic) bond motifs is 3. The molecule has 3 heterocycles. The molecule has 0 saturated carbocycles. The lowest BCUT2D eigenvalue weighted by atomic mass is 10.0. The van der Waals surface area contributed by atoms with Crippen LogP contribution < -0.4 is 0 Å². The number of rotatable bonds is 9. The molecular formula is C32H31ClN4O3. The van der Waals surface area contributed by atoms with Gasteiger partial charge in [-0.3, -0.25) is 14.5 Å². The highest BCUT2D eigenvalue weighted by Gasteiger charge is 2.45. The van der Waals surface area contributed by atoms with Crippen LogP contribution in [-0.4, -0.2) is 61.9 Å². The molecule has 3 aromatic carbocycles. The highest BCUT2D eigenvalue weighted by Crippen LogP contribution is 2.33. The van der Waals surface area contributed by atoms with Gasteiger partial charge < -0.3 is 10.0 Å². The summed E-state index contributed by atoms with van der Waals surface area (Å²) in [5, 5.41) is 9.67. The summed E-state index contributed by atoms with van der Waals surface area (Å²) in [5.41, 5.74) is 5.77. The molecule has 8 heteroatoms. The Morgan fingerprint density at radius 2 is 1.70 bits per heavy atom. The molecule has 2 fully saturated rings. The third kappa shape index (κ3) is 5.58. The molecule has 7 nitrogen and oxygen atoms in total. The standard InChI is InChI=1S/C32H31ClN4O3/c33-24-13-10-22(11-14-24)31-28(8-4-5-9-30(38)39)34-29-16-23(12-15-27(29)35-31)32(40)37-20-25-17-26(37)19-36(25)18-21-6-2-1-3-7-21/h1-3,6-7,10-16,25-26H,4-5,8-9,17-20H2,(H,38,39)/t25-,26-/m0/s1. The van der Waals surface area contributed by atoms with Crippen molar-refractivity contribution >= 4 is 34.5 Å². The van der Waals surface area contributed by atoms with Crippen LogP contribution in [0.4, 0.5) is 0 Å². The highest BCUT2D eigenvalue weighted by atomic mass is 35.5. The normalized spacial score (nSPS) is 18.5. The topological polar surface area (TPSA) is 86.6 Å². The molecule has 1 N–H and O–H groups in total. The van der Waals surface area contributed by atoms with Crippen molar-refractivity contribution in [1.82, 2.24) is 19.8 Å². The van der Waals surface area contributed by atoms with Gasteiger partial charge in [0.2, 0.25) is 0 Å². The predicted molar refractivity (Wildman–Crippen MR) is 155 cm³/mol. The number of likely N-dealkylation sites (tertiary alicyclic amines) is 2. The minimum absolute atomic E-state index is 0.0420. The molecule has 0 radical (unpaired) electrons. The first-order valence-electron chi connectivity index (χ1n) is 13.8. The van der Waals surface area contributed by atoms with Crippen LogP contribution in [0.3, 0.4) is 0 Å². The van der Waals surface area contributed by atoms with Crippen LogP contribution in [0.25, 0.3) is 22.3 Å². The second-order valence-corrected chi connectivity index (χ2v) is 11.2. The Kier molecular flexibility index (Phi) is 7.50. The molecule has 40 heavy (non-hydrogen) atoms. The van der Waals surface area contributed by atoms with Gasteiger partial charge in [-0.05, 0) is 61.6 Å². The number of hydrogen-bond donors (Lipinski definition) is 1. The van der Waals surface area contributed by atoms with Crippen LogP contribution in [0.2, 0.25) is 5.02 Å². The number of amides is 1. The Labute approximate surface area is 238 Å². The molecule has 1 aromatic heterocycles. The van der Waals surface area contributed by atoms with E-state index >= 15 is 0 Å². The van der Waals surface area contributed by atoms with Crippen molar-refractivity contribution < 1.29 is 14.7 Å². The Balaban J connectivity index is 1.22. The minimum atomic E-state index is -0.801. The van der Waals surface area contributed by atoms with E-state index in [-0.39, 0.29) is 18.4 Å². The Hall–Kier alpha value is -3.81. The number of carboxylic acids is 1. The molecule has 6 rings (SSSR count). The average molecular weight is 555 g/mol. The number of unbranched alkanes of at least 4 members (excludes halogenated alkanes) is 1. The van der Waals surface area contributed by atoms with Gasteiger partial charge in [-0.1, -0.05) is 54.1 Å². The van der Waals surface area contributed by atoms with Crippen LogP contribution in [-0.2, 0) is 17.8 Å². The average Bonchev–Trinajstić information content (AvgIpc) is 3.56. The number of carbonyl (C=O) groups excluding carboxylic acids is 1. The number of carboxylic acid groups (broad SMARTS) is 1. The zero-order valence-corrected chi connectivity index (χ0v) is 22.9. The van der Waals surface area contributed by atoms with Gasteiger partial charge in [0.05, 0.1) is 22.4 Å². The third-order valence-corrected chi connectivity index (χ3v) is 8.25. The van der Waals surface area contributed by atoms with E-state index in [1.807, 2.05) is 53.4 Å². The number of nitrogens with zero attached hydrogens (tertiary/aromatic N) is 4. The zero-order valence-electron chi connectivity index (χ0n) is 22.2. The van der Waals surface area contributed by atoms with Gasteiger partial charge in [0, 0.05) is 54.3 Å². The fourth-order valence-corrected chi connectivity index (χ4v) is 6.11. The van der Waals surface area contributed by atoms with Crippen LogP contribution in [0.1, 0.15) is 47.3 Å². The summed E-state index contributed by atoms with van der Waals surface area (Å²) < 4.78 is 0. The second kappa shape index (κ2) is 11.4. The molecule has 4 aromatic rings. The predicted octanol–water partition coefficient (Wildman–Crippen LogP) is 5.85. The Morgan fingerprint density at radius 1 is 0.900 bits per heavy atom. The molecule has 2 saturated heterocycles. The first-order chi connectivity index (χ1) is 19.4. The summed E-state index contributed by atoms with van der Waals surface area (Å²) in [5.74, 6) is -0.759. The highest BCUT2D eigenvalue weighted by molar-refractivity contribution is 6.30. The van der Waals surface area contributed by atoms with Crippen molar-refractivity contribution in [3.63, 3.8) is 0 Å². The van der Waals surface area contributed by atoms with Crippen molar-refractivity contribution in [2.75, 3.05) is 13.1 Å². The van der Waals surface area contributed by atoms with E-state index in [0.29, 0.717) is 46.9 Å². The second-order valence-electron chi connectivity index (χ2n) is 10.7. The number of benzene rings is 3. The number of piperazine rings is 1. The van der Waals surface area contributed by atoms with Gasteiger partial charge in [-0.2, -0.15) is 0 Å². The molecule has 2 aliphatic heterocycles. The van der Waals surface area contributed by atoms with Crippen molar-refractivity contribution in [3.05, 3.63) is 94.6 Å². The minimum Gasteiger partial charge on any atom is -0.481 e. The van der Waals surface area contributed by atoms with E-state index in [1.54, 1.807) is 0 Å². The van der Waals surface area contributed by atoms with Crippen molar-refractivity contribution in [2.45, 2.75) is 50.7 Å². The number of aromatic nitrogens is 2. The monoisotopic (exact) mass is 554 g/mol. The van der Waals surface area contributed by atoms with E-state index in [9.17, 15) is 9.59 Å². The maximum absolute atomic E-state index is 13.6. The fourth-order valence-electron chi connectivity index (χ4n) is 5.98. The van der Waals surface area contributed by atoms with Gasteiger partial charge in [0.25, 0.3) is 5.91 Å². The van der Waals surface area contributed by atoms with Gasteiger partial charge in [-0.15, -0.1) is 0 Å². The fraction of sp³-hybridized carbons (Fsp3) is 0.312. The van der Waals surface area contributed by atoms with Gasteiger partial charge in [0.1, 0.15) is 0 Å². The largest absolute Gasteiger partial charge is 0.481 e. The van der Waals surface area contributed by atoms with Crippen LogP contribution in [0.15, 0.2) is 72.8 Å². The zero-order chi connectivity index (χ0) is 27.6. The number of carbonyl (C=O) groups is 2. The molecule has 2 atom stereocenters. The van der Waals surface area contributed by atoms with E-state index in [2.05, 4.69) is 29.2 Å². The molecule has 1 amide bonds. The molecular weight excluding hydrogens is 524 g/mol. The number of aliphatic carboxylic acids is 1. The van der Waals surface area contributed by atoms with Crippen LogP contribution in [0.5, 0.6) is 0 Å². The molecule has 0 aliphatic carbocycles. The van der Waals surface area contributed by atoms with E-state index in [0.717, 1.165) is 43.0 Å². The summed E-state index contributed by atoms with van der Waals surface area (Å²) in [4.78, 5) is 39.0. The van der Waals surface area contributed by atoms with Crippen molar-refractivity contribution in [1.29, 1.82) is 0 Å². The maximum Gasteiger partial charge on any atom is 0.303 e. The molecule has 2 aliphatic rings. The van der Waals surface area contributed by atoms with E-state index in [4.69, 9.17) is 26.7 Å². The summed E-state index contributed by atoms with van der Waals surface area (Å²) >= 11 is 6.10. The molecule has 0 unspecified atom stereocenters. The first-order valence-corrected chi connectivity index (χ1v) is 14.2. The number of hydrogen-bond acceptors (Lipinski definition) is 5. The lowest BCUT2D eigenvalue weighted by Crippen LogP contribution is -2.48. The molecule has 204 valence electrons. The summed E-state index contributed by atoms with van der Waals surface area (Å²) in [6.45, 7) is 2.55. The number of aryl methyl sites for hydroxylation is 1. The summed E-state index contributed by atoms with van der Waals surface area (Å²) in [7, 11) is 0. The van der Waals surface area contributed by atoms with E-state index < -0.39 is 5.97 Å².